The van der Waals surface area contributed by atoms with E-state index in [4.69, 9.17) is 4.74 Å². The minimum absolute atomic E-state index is 0.161. The third-order valence-corrected chi connectivity index (χ3v) is 3.46. The molecule has 0 radical (unpaired) electrons. The second-order valence-electron chi connectivity index (χ2n) is 4.42. The molecule has 0 amide bonds. The van der Waals surface area contributed by atoms with Crippen molar-refractivity contribution in [2.45, 2.75) is 38.8 Å². The van der Waals surface area contributed by atoms with E-state index in [-0.39, 0.29) is 12.1 Å². The largest absolute Gasteiger partial charge is 0.394 e. The van der Waals surface area contributed by atoms with Crippen LogP contribution in [0.3, 0.4) is 0 Å². The predicted molar refractivity (Wildman–Crippen MR) is 67.6 cm³/mol. The molecule has 0 aromatic heterocycles. The van der Waals surface area contributed by atoms with Gasteiger partial charge in [0.15, 0.2) is 0 Å². The van der Waals surface area contributed by atoms with Crippen molar-refractivity contribution >= 4 is 11.8 Å². The molecule has 92 valence electrons. The SMILES string of the molecule is COCCCSCC(C)(CO)NC(C)C. The van der Waals surface area contributed by atoms with Gasteiger partial charge in [-0.05, 0) is 19.1 Å². The molecule has 0 aliphatic heterocycles. The first-order chi connectivity index (χ1) is 7.04. The number of aliphatic hydroxyl groups is 1. The summed E-state index contributed by atoms with van der Waals surface area (Å²) in [5.74, 6) is 2.02. The van der Waals surface area contributed by atoms with Gasteiger partial charge in [-0.2, -0.15) is 11.8 Å². The van der Waals surface area contributed by atoms with Gasteiger partial charge in [0.05, 0.1) is 6.61 Å². The molecule has 0 spiro atoms. The Hall–Kier alpha value is 0.230. The van der Waals surface area contributed by atoms with Gasteiger partial charge in [-0.1, -0.05) is 13.8 Å². The summed E-state index contributed by atoms with van der Waals surface area (Å²) in [6.07, 6.45) is 1.07. The third-order valence-electron chi connectivity index (χ3n) is 2.04. The fourth-order valence-corrected chi connectivity index (χ4v) is 2.52. The molecule has 3 nitrogen and oxygen atoms in total. The zero-order valence-electron chi connectivity index (χ0n) is 10.4. The summed E-state index contributed by atoms with van der Waals surface area (Å²) in [6.45, 7) is 7.27. The molecule has 2 N–H and O–H groups in total. The van der Waals surface area contributed by atoms with Gasteiger partial charge >= 0.3 is 0 Å². The third kappa shape index (κ3) is 8.08. The summed E-state index contributed by atoms with van der Waals surface area (Å²) < 4.78 is 4.99. The van der Waals surface area contributed by atoms with Crippen molar-refractivity contribution in [1.29, 1.82) is 0 Å². The summed E-state index contributed by atoms with van der Waals surface area (Å²) in [5, 5.41) is 12.7. The quantitative estimate of drug-likeness (QED) is 0.594. The van der Waals surface area contributed by atoms with Crippen LogP contribution in [0.4, 0.5) is 0 Å². The van der Waals surface area contributed by atoms with Crippen LogP contribution in [0.2, 0.25) is 0 Å². The van der Waals surface area contributed by atoms with Crippen molar-refractivity contribution in [3.8, 4) is 0 Å². The molecule has 0 aromatic rings. The second-order valence-corrected chi connectivity index (χ2v) is 5.52. The number of hydrogen-bond donors (Lipinski definition) is 2. The first kappa shape index (κ1) is 15.2. The summed E-state index contributed by atoms with van der Waals surface area (Å²) in [6, 6.07) is 0.404. The van der Waals surface area contributed by atoms with Gasteiger partial charge in [0, 0.05) is 31.1 Å². The smallest absolute Gasteiger partial charge is 0.0618 e. The highest BCUT2D eigenvalue weighted by Crippen LogP contribution is 2.14. The topological polar surface area (TPSA) is 41.5 Å². The lowest BCUT2D eigenvalue weighted by atomic mass is 10.1. The Labute approximate surface area is 98.0 Å². The number of thioether (sulfide) groups is 1. The Morgan fingerprint density at radius 1 is 1.47 bits per heavy atom. The van der Waals surface area contributed by atoms with E-state index < -0.39 is 0 Å². The Balaban J connectivity index is 3.68. The van der Waals surface area contributed by atoms with Crippen molar-refractivity contribution in [3.63, 3.8) is 0 Å². The fraction of sp³-hybridized carbons (Fsp3) is 1.00. The fourth-order valence-electron chi connectivity index (χ4n) is 1.43. The van der Waals surface area contributed by atoms with E-state index in [0.29, 0.717) is 6.04 Å². The maximum absolute atomic E-state index is 9.34. The van der Waals surface area contributed by atoms with Crippen LogP contribution in [-0.4, -0.2) is 48.5 Å². The number of aliphatic hydroxyl groups excluding tert-OH is 1. The number of hydrogen-bond acceptors (Lipinski definition) is 4. The van der Waals surface area contributed by atoms with Crippen LogP contribution < -0.4 is 5.32 Å². The van der Waals surface area contributed by atoms with E-state index >= 15 is 0 Å². The van der Waals surface area contributed by atoms with E-state index in [9.17, 15) is 5.11 Å². The van der Waals surface area contributed by atoms with Crippen molar-refractivity contribution in [3.05, 3.63) is 0 Å². The molecule has 0 saturated heterocycles. The van der Waals surface area contributed by atoms with Crippen molar-refractivity contribution in [2.24, 2.45) is 0 Å². The first-order valence-electron chi connectivity index (χ1n) is 5.49. The Kier molecular flexibility index (Phi) is 8.52. The molecule has 0 heterocycles. The zero-order valence-corrected chi connectivity index (χ0v) is 11.2. The number of ether oxygens (including phenoxy) is 1. The highest BCUT2D eigenvalue weighted by Gasteiger charge is 2.23. The van der Waals surface area contributed by atoms with Gasteiger partial charge in [0.25, 0.3) is 0 Å². The van der Waals surface area contributed by atoms with Crippen LogP contribution in [0.5, 0.6) is 0 Å². The van der Waals surface area contributed by atoms with E-state index in [1.165, 1.54) is 0 Å². The monoisotopic (exact) mass is 235 g/mol. The van der Waals surface area contributed by atoms with E-state index in [1.807, 2.05) is 11.8 Å². The van der Waals surface area contributed by atoms with Gasteiger partial charge in [-0.3, -0.25) is 0 Å². The maximum atomic E-state index is 9.34. The van der Waals surface area contributed by atoms with Crippen molar-refractivity contribution in [2.75, 3.05) is 31.8 Å². The molecule has 0 aromatic carbocycles. The van der Waals surface area contributed by atoms with Crippen LogP contribution in [0.25, 0.3) is 0 Å². The lowest BCUT2D eigenvalue weighted by Gasteiger charge is -2.30. The molecule has 1 atom stereocenters. The standard InChI is InChI=1S/C11H25NO2S/c1-10(2)12-11(3,8-13)9-15-7-5-6-14-4/h10,12-13H,5-9H2,1-4H3. The molecule has 0 rings (SSSR count). The lowest BCUT2D eigenvalue weighted by molar-refractivity contribution is 0.183. The summed E-state index contributed by atoms with van der Waals surface area (Å²) >= 11 is 1.86. The van der Waals surface area contributed by atoms with Crippen molar-refractivity contribution in [1.82, 2.24) is 5.32 Å². The Morgan fingerprint density at radius 2 is 2.13 bits per heavy atom. The second kappa shape index (κ2) is 8.39. The van der Waals surface area contributed by atoms with Gasteiger partial charge in [0.1, 0.15) is 0 Å². The van der Waals surface area contributed by atoms with Crippen LogP contribution in [0.1, 0.15) is 27.2 Å². The maximum Gasteiger partial charge on any atom is 0.0618 e. The molecule has 1 unspecified atom stereocenters. The highest BCUT2D eigenvalue weighted by molar-refractivity contribution is 7.99. The van der Waals surface area contributed by atoms with E-state index in [0.717, 1.165) is 24.5 Å². The molecule has 0 saturated carbocycles. The van der Waals surface area contributed by atoms with Gasteiger partial charge in [0.2, 0.25) is 0 Å². The molecule has 0 aliphatic carbocycles. The minimum Gasteiger partial charge on any atom is -0.394 e. The van der Waals surface area contributed by atoms with Gasteiger partial charge < -0.3 is 15.2 Å². The average molecular weight is 235 g/mol. The molecule has 0 bridgehead atoms. The van der Waals surface area contributed by atoms with Crippen LogP contribution >= 0.6 is 11.8 Å². The Morgan fingerprint density at radius 3 is 2.60 bits per heavy atom. The minimum atomic E-state index is -0.161. The van der Waals surface area contributed by atoms with Gasteiger partial charge in [-0.25, -0.2) is 0 Å². The molecular weight excluding hydrogens is 210 g/mol. The van der Waals surface area contributed by atoms with E-state index in [2.05, 4.69) is 26.1 Å². The van der Waals surface area contributed by atoms with Crippen LogP contribution in [0.15, 0.2) is 0 Å². The number of rotatable bonds is 9. The van der Waals surface area contributed by atoms with Gasteiger partial charge in [-0.15, -0.1) is 0 Å². The first-order valence-corrected chi connectivity index (χ1v) is 6.65. The molecule has 4 heteroatoms. The van der Waals surface area contributed by atoms with Crippen LogP contribution in [0, 0.1) is 0 Å². The number of methoxy groups -OCH3 is 1. The lowest BCUT2D eigenvalue weighted by Crippen LogP contribution is -2.51. The molecular formula is C11H25NO2S. The van der Waals surface area contributed by atoms with E-state index in [1.54, 1.807) is 7.11 Å². The highest BCUT2D eigenvalue weighted by atomic mass is 32.2. The summed E-state index contributed by atoms with van der Waals surface area (Å²) in [5.41, 5.74) is -0.161. The number of nitrogens with one attached hydrogen (secondary N) is 1. The van der Waals surface area contributed by atoms with Crippen molar-refractivity contribution < 1.29 is 9.84 Å². The summed E-state index contributed by atoms with van der Waals surface area (Å²) in [4.78, 5) is 0. The normalized spacial score (nSPS) is 15.6. The van der Waals surface area contributed by atoms with Crippen LogP contribution in [-0.2, 0) is 4.74 Å². The average Bonchev–Trinajstić information content (AvgIpc) is 2.16. The summed E-state index contributed by atoms with van der Waals surface area (Å²) in [7, 11) is 1.73. The molecule has 0 fully saturated rings. The molecule has 0 aliphatic rings. The predicted octanol–water partition coefficient (Wildman–Crippen LogP) is 1.51. The molecule has 15 heavy (non-hydrogen) atoms. The zero-order chi connectivity index (χ0) is 11.7. The Bertz CT molecular complexity index is 156.